The molecule has 0 saturated carbocycles. The molecule has 18 heavy (non-hydrogen) atoms. The van der Waals surface area contributed by atoms with Crippen molar-refractivity contribution in [2.24, 2.45) is 0 Å². The minimum absolute atomic E-state index is 0.0317. The molecule has 0 aliphatic carbocycles. The summed E-state index contributed by atoms with van der Waals surface area (Å²) in [5.74, 6) is 0.0317. The second-order valence-electron chi connectivity index (χ2n) is 3.34. The summed E-state index contributed by atoms with van der Waals surface area (Å²) in [5, 5.41) is -0.0673. The lowest BCUT2D eigenvalue weighted by atomic mass is 10.4. The van der Waals surface area contributed by atoms with Crippen LogP contribution in [-0.2, 0) is 10.0 Å². The molecule has 0 amide bonds. The van der Waals surface area contributed by atoms with E-state index >= 15 is 0 Å². The number of nitrogens with one attached hydrogen (secondary N) is 1. The molecule has 2 heterocycles. The fourth-order valence-electron chi connectivity index (χ4n) is 1.26. The summed E-state index contributed by atoms with van der Waals surface area (Å²) < 4.78 is 26.3. The zero-order valence-electron chi connectivity index (χ0n) is 9.04. The van der Waals surface area contributed by atoms with E-state index in [4.69, 9.17) is 17.3 Å². The number of sulfonamides is 1. The van der Waals surface area contributed by atoms with Crippen molar-refractivity contribution in [1.29, 1.82) is 0 Å². The Hall–Kier alpha value is -1.86. The van der Waals surface area contributed by atoms with Gasteiger partial charge in [-0.2, -0.15) is 8.42 Å². The molecule has 0 aromatic carbocycles. The van der Waals surface area contributed by atoms with Crippen LogP contribution in [0.3, 0.4) is 0 Å². The Morgan fingerprint density at radius 3 is 2.50 bits per heavy atom. The maximum atomic E-state index is 12.0. The van der Waals surface area contributed by atoms with Crippen LogP contribution < -0.4 is 10.5 Å². The summed E-state index contributed by atoms with van der Waals surface area (Å²) in [6.45, 7) is 0. The molecule has 6 nitrogen and oxygen atoms in total. The van der Waals surface area contributed by atoms with E-state index in [0.717, 1.165) is 0 Å². The Kier molecular flexibility index (Phi) is 3.35. The van der Waals surface area contributed by atoms with Crippen LogP contribution in [0.25, 0.3) is 0 Å². The second-order valence-corrected chi connectivity index (χ2v) is 5.34. The molecule has 0 bridgehead atoms. The summed E-state index contributed by atoms with van der Waals surface area (Å²) in [7, 11) is -3.90. The van der Waals surface area contributed by atoms with Crippen LogP contribution in [0.4, 0.5) is 11.5 Å². The standard InChI is InChI=1S/C10H9ClN4O2S/c11-7-3-1-5-13-9(7)15-18(16,17)10-8(12)4-2-6-14-10/h1-6H,12H2,(H,13,15). The molecule has 0 radical (unpaired) electrons. The molecule has 2 aromatic heterocycles. The third-order valence-corrected chi connectivity index (χ3v) is 3.66. The monoisotopic (exact) mass is 284 g/mol. The molecule has 0 aliphatic rings. The molecule has 2 aromatic rings. The third kappa shape index (κ3) is 2.52. The molecular formula is C10H9ClN4O2S. The van der Waals surface area contributed by atoms with Crippen molar-refractivity contribution in [3.05, 3.63) is 41.7 Å². The van der Waals surface area contributed by atoms with E-state index in [0.29, 0.717) is 0 Å². The normalized spacial score (nSPS) is 11.2. The van der Waals surface area contributed by atoms with E-state index in [2.05, 4.69) is 14.7 Å². The van der Waals surface area contributed by atoms with Crippen molar-refractivity contribution in [1.82, 2.24) is 9.97 Å². The zero-order valence-corrected chi connectivity index (χ0v) is 10.6. The minimum Gasteiger partial charge on any atom is -0.396 e. The summed E-state index contributed by atoms with van der Waals surface area (Å²) in [4.78, 5) is 7.56. The van der Waals surface area contributed by atoms with Gasteiger partial charge in [-0.3, -0.25) is 4.72 Å². The van der Waals surface area contributed by atoms with Crippen molar-refractivity contribution in [3.63, 3.8) is 0 Å². The molecule has 0 saturated heterocycles. The van der Waals surface area contributed by atoms with Crippen LogP contribution >= 0.6 is 11.6 Å². The molecule has 0 aliphatic heterocycles. The summed E-state index contributed by atoms with van der Waals surface area (Å²) in [6, 6.07) is 6.10. The highest BCUT2D eigenvalue weighted by Gasteiger charge is 2.20. The highest BCUT2D eigenvalue weighted by Crippen LogP contribution is 2.22. The van der Waals surface area contributed by atoms with Gasteiger partial charge in [0.1, 0.15) is 0 Å². The Balaban J connectivity index is 2.40. The average molecular weight is 285 g/mol. The summed E-state index contributed by atoms with van der Waals surface area (Å²) >= 11 is 5.82. The molecule has 0 spiro atoms. The third-order valence-electron chi connectivity index (χ3n) is 2.04. The molecule has 0 atom stereocenters. The van der Waals surface area contributed by atoms with E-state index in [1.54, 1.807) is 12.1 Å². The molecule has 3 N–H and O–H groups in total. The molecule has 0 fully saturated rings. The van der Waals surface area contributed by atoms with Crippen LogP contribution in [0.15, 0.2) is 41.7 Å². The number of nitrogens with zero attached hydrogens (tertiary/aromatic N) is 2. The van der Waals surface area contributed by atoms with E-state index in [1.807, 2.05) is 0 Å². The number of nitrogens with two attached hydrogens (primary N) is 1. The van der Waals surface area contributed by atoms with Gasteiger partial charge >= 0.3 is 0 Å². The van der Waals surface area contributed by atoms with Gasteiger partial charge in [-0.25, -0.2) is 9.97 Å². The van der Waals surface area contributed by atoms with Crippen LogP contribution in [0.5, 0.6) is 0 Å². The first-order chi connectivity index (χ1) is 8.50. The number of pyridine rings is 2. The fourth-order valence-corrected chi connectivity index (χ4v) is 2.58. The van der Waals surface area contributed by atoms with E-state index < -0.39 is 10.0 Å². The van der Waals surface area contributed by atoms with Gasteiger partial charge in [-0.1, -0.05) is 11.6 Å². The molecule has 0 unspecified atom stereocenters. The van der Waals surface area contributed by atoms with Gasteiger partial charge in [0, 0.05) is 12.4 Å². The molecule has 2 rings (SSSR count). The lowest BCUT2D eigenvalue weighted by Crippen LogP contribution is -2.17. The van der Waals surface area contributed by atoms with Crippen molar-refractivity contribution in [2.45, 2.75) is 5.03 Å². The number of nitrogen functional groups attached to an aromatic ring is 1. The first-order valence-electron chi connectivity index (χ1n) is 4.84. The van der Waals surface area contributed by atoms with Crippen molar-refractivity contribution < 1.29 is 8.42 Å². The van der Waals surface area contributed by atoms with Crippen molar-refractivity contribution in [2.75, 3.05) is 10.5 Å². The van der Waals surface area contributed by atoms with Crippen LogP contribution in [0.1, 0.15) is 0 Å². The van der Waals surface area contributed by atoms with Crippen LogP contribution in [-0.4, -0.2) is 18.4 Å². The molecular weight excluding hydrogens is 276 g/mol. The fraction of sp³-hybridized carbons (Fsp3) is 0. The number of hydrogen-bond donors (Lipinski definition) is 2. The maximum Gasteiger partial charge on any atom is 0.282 e. The predicted octanol–water partition coefficient (Wildman–Crippen LogP) is 1.51. The van der Waals surface area contributed by atoms with Gasteiger partial charge in [-0.15, -0.1) is 0 Å². The lowest BCUT2D eigenvalue weighted by molar-refractivity contribution is 0.598. The van der Waals surface area contributed by atoms with Gasteiger partial charge in [0.25, 0.3) is 10.0 Å². The topological polar surface area (TPSA) is 98.0 Å². The van der Waals surface area contributed by atoms with E-state index in [-0.39, 0.29) is 21.6 Å². The molecule has 94 valence electrons. The number of rotatable bonds is 3. The quantitative estimate of drug-likeness (QED) is 0.890. The summed E-state index contributed by atoms with van der Waals surface area (Å²) in [5.41, 5.74) is 5.62. The first-order valence-corrected chi connectivity index (χ1v) is 6.70. The Bertz CT molecular complexity index is 675. The van der Waals surface area contributed by atoms with Crippen molar-refractivity contribution >= 4 is 33.1 Å². The minimum atomic E-state index is -3.90. The Morgan fingerprint density at radius 1 is 1.17 bits per heavy atom. The van der Waals surface area contributed by atoms with Gasteiger partial charge < -0.3 is 5.73 Å². The largest absolute Gasteiger partial charge is 0.396 e. The Morgan fingerprint density at radius 2 is 1.83 bits per heavy atom. The Labute approximate surface area is 109 Å². The predicted molar refractivity (Wildman–Crippen MR) is 68.7 cm³/mol. The van der Waals surface area contributed by atoms with Gasteiger partial charge in [0.2, 0.25) is 0 Å². The highest BCUT2D eigenvalue weighted by atomic mass is 35.5. The SMILES string of the molecule is Nc1cccnc1S(=O)(=O)Nc1ncccc1Cl. The number of halogens is 1. The second kappa shape index (κ2) is 4.79. The number of hydrogen-bond acceptors (Lipinski definition) is 5. The van der Waals surface area contributed by atoms with Gasteiger partial charge in [0.15, 0.2) is 10.8 Å². The van der Waals surface area contributed by atoms with E-state index in [1.165, 1.54) is 24.5 Å². The summed E-state index contributed by atoms with van der Waals surface area (Å²) in [6.07, 6.45) is 2.76. The van der Waals surface area contributed by atoms with Crippen molar-refractivity contribution in [3.8, 4) is 0 Å². The highest BCUT2D eigenvalue weighted by molar-refractivity contribution is 7.92. The van der Waals surface area contributed by atoms with Gasteiger partial charge in [-0.05, 0) is 24.3 Å². The lowest BCUT2D eigenvalue weighted by Gasteiger charge is -2.08. The smallest absolute Gasteiger partial charge is 0.282 e. The number of anilines is 2. The zero-order chi connectivity index (χ0) is 13.2. The van der Waals surface area contributed by atoms with E-state index in [9.17, 15) is 8.42 Å². The first kappa shape index (κ1) is 12.6. The molecule has 8 heteroatoms. The van der Waals surface area contributed by atoms with Crippen LogP contribution in [0.2, 0.25) is 5.02 Å². The average Bonchev–Trinajstić information content (AvgIpc) is 2.32. The van der Waals surface area contributed by atoms with Gasteiger partial charge in [0.05, 0.1) is 10.7 Å². The van der Waals surface area contributed by atoms with Crippen LogP contribution in [0, 0.1) is 0 Å². The number of aromatic nitrogens is 2. The maximum absolute atomic E-state index is 12.0.